The molecule has 5 rings (SSSR count). The highest BCUT2D eigenvalue weighted by molar-refractivity contribution is 5.94. The zero-order valence-corrected chi connectivity index (χ0v) is 15.3. The summed E-state index contributed by atoms with van der Waals surface area (Å²) < 4.78 is 5.73. The summed E-state index contributed by atoms with van der Waals surface area (Å²) in [4.78, 5) is 19.1. The summed E-state index contributed by atoms with van der Waals surface area (Å²) in [7, 11) is 0. The number of nitriles is 1. The van der Waals surface area contributed by atoms with E-state index in [0.29, 0.717) is 34.7 Å². The second kappa shape index (κ2) is 7.37. The average Bonchev–Trinajstić information content (AvgIpc) is 2.71. The minimum Gasteiger partial charge on any atom is -0.457 e. The van der Waals surface area contributed by atoms with Crippen LogP contribution in [0.4, 0.5) is 0 Å². The Morgan fingerprint density at radius 2 is 1.96 bits per heavy atom. The molecule has 1 aromatic carbocycles. The van der Waals surface area contributed by atoms with Crippen molar-refractivity contribution in [2.45, 2.75) is 31.8 Å². The van der Waals surface area contributed by atoms with Gasteiger partial charge in [-0.1, -0.05) is 0 Å². The van der Waals surface area contributed by atoms with Gasteiger partial charge in [0, 0.05) is 29.9 Å². The summed E-state index contributed by atoms with van der Waals surface area (Å²) in [6.07, 6.45) is 3.86. The third-order valence-corrected chi connectivity index (χ3v) is 5.67. The maximum atomic E-state index is 12.7. The number of fused-ring (bicyclic) bond motifs is 3. The summed E-state index contributed by atoms with van der Waals surface area (Å²) in [5, 5.41) is 12.1. The van der Waals surface area contributed by atoms with E-state index in [0.717, 1.165) is 13.1 Å². The van der Waals surface area contributed by atoms with E-state index < -0.39 is 0 Å². The van der Waals surface area contributed by atoms with Crippen molar-refractivity contribution in [3.63, 3.8) is 0 Å². The van der Waals surface area contributed by atoms with Crippen LogP contribution in [0.5, 0.6) is 11.5 Å². The quantitative estimate of drug-likeness (QED) is 0.905. The van der Waals surface area contributed by atoms with Crippen molar-refractivity contribution in [1.82, 2.24) is 15.2 Å². The Balaban J connectivity index is 1.41. The minimum atomic E-state index is -0.0390. The SMILES string of the molecule is C[C@H]1[C@H](NC(=O)c2ccc(Oc3ccnc(C#N)c3)cc2)C2CCN1CC2. The standard InChI is InChI=1S/C21H22N4O2/c1-14-20(15-7-10-25(14)11-8-15)24-21(26)16-2-4-18(5-3-16)27-19-6-9-23-17(12-19)13-22/h2-6,9,12,14-15,20H,7-8,10-11H2,1H3,(H,24,26)/t14-,20-/m0/s1. The number of piperidine rings is 3. The number of aromatic nitrogens is 1. The van der Waals surface area contributed by atoms with E-state index in [1.165, 1.54) is 19.0 Å². The van der Waals surface area contributed by atoms with Crippen LogP contribution in [0.25, 0.3) is 0 Å². The third kappa shape index (κ3) is 3.64. The molecule has 0 aliphatic carbocycles. The van der Waals surface area contributed by atoms with Gasteiger partial charge in [0.1, 0.15) is 23.3 Å². The number of rotatable bonds is 4. The number of carbonyl (C=O) groups excluding carboxylic acids is 1. The van der Waals surface area contributed by atoms with Gasteiger partial charge in [-0.2, -0.15) is 5.26 Å². The summed E-state index contributed by atoms with van der Waals surface area (Å²) in [6.45, 7) is 4.50. The highest BCUT2D eigenvalue weighted by Crippen LogP contribution is 2.32. The molecule has 0 unspecified atom stereocenters. The van der Waals surface area contributed by atoms with Gasteiger partial charge in [0.2, 0.25) is 0 Å². The van der Waals surface area contributed by atoms with Crippen LogP contribution in [0, 0.1) is 17.2 Å². The third-order valence-electron chi connectivity index (χ3n) is 5.67. The van der Waals surface area contributed by atoms with Gasteiger partial charge in [-0.25, -0.2) is 4.98 Å². The molecule has 27 heavy (non-hydrogen) atoms. The van der Waals surface area contributed by atoms with Gasteiger partial charge < -0.3 is 10.1 Å². The van der Waals surface area contributed by atoms with Crippen molar-refractivity contribution in [1.29, 1.82) is 5.26 Å². The predicted molar refractivity (Wildman–Crippen MR) is 100 cm³/mol. The molecular weight excluding hydrogens is 340 g/mol. The number of hydrogen-bond acceptors (Lipinski definition) is 5. The Bertz CT molecular complexity index is 864. The topological polar surface area (TPSA) is 78.2 Å². The number of hydrogen-bond donors (Lipinski definition) is 1. The average molecular weight is 362 g/mol. The first-order chi connectivity index (χ1) is 13.1. The Hall–Kier alpha value is -2.91. The number of benzene rings is 1. The van der Waals surface area contributed by atoms with Gasteiger partial charge >= 0.3 is 0 Å². The van der Waals surface area contributed by atoms with Crippen molar-refractivity contribution in [2.75, 3.05) is 13.1 Å². The first-order valence-corrected chi connectivity index (χ1v) is 9.33. The molecule has 6 heteroatoms. The van der Waals surface area contributed by atoms with E-state index in [9.17, 15) is 4.79 Å². The van der Waals surface area contributed by atoms with E-state index >= 15 is 0 Å². The summed E-state index contributed by atoms with van der Waals surface area (Å²) in [5.74, 6) is 1.69. The monoisotopic (exact) mass is 362 g/mol. The Morgan fingerprint density at radius 1 is 1.22 bits per heavy atom. The molecule has 0 spiro atoms. The van der Waals surface area contributed by atoms with Gasteiger partial charge in [0.05, 0.1) is 0 Å². The lowest BCUT2D eigenvalue weighted by atomic mass is 9.79. The highest BCUT2D eigenvalue weighted by atomic mass is 16.5. The predicted octanol–water partition coefficient (Wildman–Crippen LogP) is 2.96. The number of nitrogens with one attached hydrogen (secondary N) is 1. The smallest absolute Gasteiger partial charge is 0.251 e. The first kappa shape index (κ1) is 17.5. The summed E-state index contributed by atoms with van der Waals surface area (Å²) in [6, 6.07) is 12.9. The molecule has 4 heterocycles. The molecule has 6 nitrogen and oxygen atoms in total. The molecule has 2 bridgehead atoms. The Morgan fingerprint density at radius 3 is 2.63 bits per heavy atom. The second-order valence-electron chi connectivity index (χ2n) is 7.23. The van der Waals surface area contributed by atoms with Gasteiger partial charge in [-0.05, 0) is 69.1 Å². The largest absolute Gasteiger partial charge is 0.457 e. The maximum absolute atomic E-state index is 12.7. The van der Waals surface area contributed by atoms with E-state index in [1.807, 2.05) is 6.07 Å². The van der Waals surface area contributed by atoms with Crippen LogP contribution in [-0.2, 0) is 0 Å². The molecule has 138 valence electrons. The molecule has 3 aliphatic heterocycles. The molecule has 1 aromatic heterocycles. The fraction of sp³-hybridized carbons (Fsp3) is 0.381. The van der Waals surface area contributed by atoms with E-state index in [-0.39, 0.29) is 11.9 Å². The first-order valence-electron chi connectivity index (χ1n) is 9.33. The van der Waals surface area contributed by atoms with Crippen molar-refractivity contribution in [2.24, 2.45) is 5.92 Å². The number of carbonyl (C=O) groups is 1. The lowest BCUT2D eigenvalue weighted by Crippen LogP contribution is -2.62. The molecular formula is C21H22N4O2. The molecule has 2 aromatic rings. The summed E-state index contributed by atoms with van der Waals surface area (Å²) in [5.41, 5.74) is 0.925. The lowest BCUT2D eigenvalue weighted by Gasteiger charge is -2.49. The van der Waals surface area contributed by atoms with Crippen LogP contribution in [0.3, 0.4) is 0 Å². The van der Waals surface area contributed by atoms with Crippen LogP contribution >= 0.6 is 0 Å². The number of ether oxygens (including phenoxy) is 1. The lowest BCUT2D eigenvalue weighted by molar-refractivity contribution is 0.0217. The second-order valence-corrected chi connectivity index (χ2v) is 7.23. The Kier molecular flexibility index (Phi) is 4.78. The normalized spacial score (nSPS) is 26.2. The molecule has 1 N–H and O–H groups in total. The maximum Gasteiger partial charge on any atom is 0.251 e. The fourth-order valence-electron chi connectivity index (χ4n) is 4.13. The van der Waals surface area contributed by atoms with Crippen molar-refractivity contribution in [3.8, 4) is 17.6 Å². The molecule has 0 radical (unpaired) electrons. The number of nitrogens with zero attached hydrogens (tertiary/aromatic N) is 3. The number of amides is 1. The van der Waals surface area contributed by atoms with Crippen molar-refractivity contribution >= 4 is 5.91 Å². The Labute approximate surface area is 158 Å². The molecule has 2 atom stereocenters. The van der Waals surface area contributed by atoms with E-state index in [1.54, 1.807) is 36.4 Å². The molecule has 3 saturated heterocycles. The van der Waals surface area contributed by atoms with Crippen LogP contribution in [0.2, 0.25) is 0 Å². The fourth-order valence-corrected chi connectivity index (χ4v) is 4.13. The molecule has 3 fully saturated rings. The van der Waals surface area contributed by atoms with Gasteiger partial charge in [-0.3, -0.25) is 9.69 Å². The number of pyridine rings is 1. The minimum absolute atomic E-state index is 0.0390. The summed E-state index contributed by atoms with van der Waals surface area (Å²) >= 11 is 0. The van der Waals surface area contributed by atoms with Crippen LogP contribution in [0.15, 0.2) is 42.6 Å². The molecule has 1 amide bonds. The van der Waals surface area contributed by atoms with Crippen LogP contribution < -0.4 is 10.1 Å². The van der Waals surface area contributed by atoms with Gasteiger partial charge in [0.25, 0.3) is 5.91 Å². The van der Waals surface area contributed by atoms with Crippen molar-refractivity contribution < 1.29 is 9.53 Å². The van der Waals surface area contributed by atoms with Crippen LogP contribution in [0.1, 0.15) is 35.8 Å². The van der Waals surface area contributed by atoms with E-state index in [2.05, 4.69) is 22.1 Å². The molecule has 0 saturated carbocycles. The van der Waals surface area contributed by atoms with Crippen LogP contribution in [-0.4, -0.2) is 41.0 Å². The van der Waals surface area contributed by atoms with Gasteiger partial charge in [0.15, 0.2) is 0 Å². The zero-order valence-electron chi connectivity index (χ0n) is 15.3. The zero-order chi connectivity index (χ0) is 18.8. The van der Waals surface area contributed by atoms with Gasteiger partial charge in [-0.15, -0.1) is 0 Å². The molecule has 3 aliphatic rings. The van der Waals surface area contributed by atoms with E-state index in [4.69, 9.17) is 10.00 Å². The van der Waals surface area contributed by atoms with Crippen molar-refractivity contribution in [3.05, 3.63) is 53.9 Å². The highest BCUT2D eigenvalue weighted by Gasteiger charge is 2.40.